The molecule has 60 valence electrons. The van der Waals surface area contributed by atoms with Crippen LogP contribution in [0, 0.1) is 5.92 Å². The van der Waals surface area contributed by atoms with Crippen LogP contribution < -0.4 is 5.73 Å². The Bertz CT molecular complexity index is 91.4. The molecule has 10 heavy (non-hydrogen) atoms. The van der Waals surface area contributed by atoms with E-state index in [4.69, 9.17) is 5.73 Å². The predicted molar refractivity (Wildman–Crippen MR) is 43.9 cm³/mol. The lowest BCUT2D eigenvalue weighted by atomic mass is 10.1. The SMILES string of the molecule is CCN1C[C@H](C)C[C@H]1CN. The Morgan fingerprint density at radius 2 is 2.30 bits per heavy atom. The van der Waals surface area contributed by atoms with Crippen LogP contribution in [0.15, 0.2) is 0 Å². The quantitative estimate of drug-likeness (QED) is 0.614. The molecule has 2 N–H and O–H groups in total. The van der Waals surface area contributed by atoms with Gasteiger partial charge in [-0.2, -0.15) is 0 Å². The summed E-state index contributed by atoms with van der Waals surface area (Å²) >= 11 is 0. The van der Waals surface area contributed by atoms with Crippen molar-refractivity contribution in [2.24, 2.45) is 11.7 Å². The van der Waals surface area contributed by atoms with Crippen LogP contribution in [0.4, 0.5) is 0 Å². The molecule has 1 aliphatic heterocycles. The minimum absolute atomic E-state index is 0.667. The highest BCUT2D eigenvalue weighted by Crippen LogP contribution is 2.20. The second kappa shape index (κ2) is 3.35. The Morgan fingerprint density at radius 1 is 1.60 bits per heavy atom. The van der Waals surface area contributed by atoms with Crippen LogP contribution in [0.3, 0.4) is 0 Å². The summed E-state index contributed by atoms with van der Waals surface area (Å²) < 4.78 is 0. The number of hydrogen-bond donors (Lipinski definition) is 1. The van der Waals surface area contributed by atoms with Gasteiger partial charge in [0.05, 0.1) is 0 Å². The summed E-state index contributed by atoms with van der Waals surface area (Å²) in [5.41, 5.74) is 5.62. The van der Waals surface area contributed by atoms with Gasteiger partial charge in [-0.3, -0.25) is 4.90 Å². The first-order valence-electron chi connectivity index (χ1n) is 4.22. The van der Waals surface area contributed by atoms with Gasteiger partial charge in [-0.1, -0.05) is 13.8 Å². The summed E-state index contributed by atoms with van der Waals surface area (Å²) in [5.74, 6) is 0.855. The van der Waals surface area contributed by atoms with E-state index in [1.54, 1.807) is 0 Å². The van der Waals surface area contributed by atoms with Crippen LogP contribution >= 0.6 is 0 Å². The molecule has 1 heterocycles. The Labute approximate surface area is 63.4 Å². The highest BCUT2D eigenvalue weighted by atomic mass is 15.2. The van der Waals surface area contributed by atoms with Crippen molar-refractivity contribution in [2.75, 3.05) is 19.6 Å². The number of likely N-dealkylation sites (N-methyl/N-ethyl adjacent to an activating group) is 1. The maximum atomic E-state index is 5.62. The zero-order valence-corrected chi connectivity index (χ0v) is 7.01. The molecule has 0 bridgehead atoms. The van der Waals surface area contributed by atoms with Crippen LogP contribution in [0.5, 0.6) is 0 Å². The summed E-state index contributed by atoms with van der Waals surface area (Å²) in [6, 6.07) is 0.667. The van der Waals surface area contributed by atoms with Crippen LogP contribution in [-0.4, -0.2) is 30.6 Å². The normalized spacial score (nSPS) is 35.1. The van der Waals surface area contributed by atoms with Gasteiger partial charge in [-0.05, 0) is 18.9 Å². The molecule has 0 spiro atoms. The summed E-state index contributed by atoms with van der Waals surface area (Å²) in [5, 5.41) is 0. The fourth-order valence-corrected chi connectivity index (χ4v) is 1.87. The van der Waals surface area contributed by atoms with Gasteiger partial charge in [0.15, 0.2) is 0 Å². The molecule has 0 amide bonds. The highest BCUT2D eigenvalue weighted by molar-refractivity contribution is 4.82. The van der Waals surface area contributed by atoms with E-state index < -0.39 is 0 Å². The van der Waals surface area contributed by atoms with Crippen LogP contribution in [-0.2, 0) is 0 Å². The van der Waals surface area contributed by atoms with E-state index in [0.717, 1.165) is 19.0 Å². The maximum Gasteiger partial charge on any atom is 0.0221 e. The third-order valence-electron chi connectivity index (χ3n) is 2.42. The first kappa shape index (κ1) is 8.02. The summed E-state index contributed by atoms with van der Waals surface area (Å²) in [6.07, 6.45) is 1.30. The fourth-order valence-electron chi connectivity index (χ4n) is 1.87. The van der Waals surface area contributed by atoms with Crippen molar-refractivity contribution in [3.8, 4) is 0 Å². The van der Waals surface area contributed by atoms with Gasteiger partial charge in [0.2, 0.25) is 0 Å². The number of likely N-dealkylation sites (tertiary alicyclic amines) is 1. The third-order valence-corrected chi connectivity index (χ3v) is 2.42. The van der Waals surface area contributed by atoms with Crippen LogP contribution in [0.25, 0.3) is 0 Å². The largest absolute Gasteiger partial charge is 0.329 e. The van der Waals surface area contributed by atoms with Crippen molar-refractivity contribution >= 4 is 0 Å². The van der Waals surface area contributed by atoms with Crippen molar-refractivity contribution in [2.45, 2.75) is 26.3 Å². The van der Waals surface area contributed by atoms with Crippen molar-refractivity contribution in [1.29, 1.82) is 0 Å². The molecule has 0 aromatic heterocycles. The lowest BCUT2D eigenvalue weighted by molar-refractivity contribution is 0.269. The fraction of sp³-hybridized carbons (Fsp3) is 1.00. The molecule has 0 saturated carbocycles. The zero-order valence-electron chi connectivity index (χ0n) is 7.01. The van der Waals surface area contributed by atoms with E-state index in [1.807, 2.05) is 0 Å². The third kappa shape index (κ3) is 1.50. The molecule has 0 unspecified atom stereocenters. The Hall–Kier alpha value is -0.0800. The molecule has 1 saturated heterocycles. The van der Waals surface area contributed by atoms with Gasteiger partial charge in [-0.25, -0.2) is 0 Å². The second-order valence-corrected chi connectivity index (χ2v) is 3.32. The van der Waals surface area contributed by atoms with Gasteiger partial charge in [0.1, 0.15) is 0 Å². The average molecular weight is 142 g/mol. The van der Waals surface area contributed by atoms with E-state index in [1.165, 1.54) is 13.0 Å². The molecule has 0 aromatic carbocycles. The highest BCUT2D eigenvalue weighted by Gasteiger charge is 2.26. The van der Waals surface area contributed by atoms with E-state index >= 15 is 0 Å². The van der Waals surface area contributed by atoms with Crippen molar-refractivity contribution < 1.29 is 0 Å². The molecule has 1 rings (SSSR count). The molecule has 2 nitrogen and oxygen atoms in total. The number of nitrogens with zero attached hydrogens (tertiary/aromatic N) is 1. The smallest absolute Gasteiger partial charge is 0.0221 e. The molecule has 2 heteroatoms. The van der Waals surface area contributed by atoms with Gasteiger partial charge in [0, 0.05) is 19.1 Å². The summed E-state index contributed by atoms with van der Waals surface area (Å²) in [4.78, 5) is 2.48. The molecule has 0 radical (unpaired) electrons. The van der Waals surface area contributed by atoms with Crippen molar-refractivity contribution in [3.05, 3.63) is 0 Å². The molecular formula is C8H18N2. The minimum Gasteiger partial charge on any atom is -0.329 e. The lowest BCUT2D eigenvalue weighted by Crippen LogP contribution is -2.35. The van der Waals surface area contributed by atoms with Crippen molar-refractivity contribution in [3.63, 3.8) is 0 Å². The van der Waals surface area contributed by atoms with Gasteiger partial charge in [-0.15, -0.1) is 0 Å². The first-order chi connectivity index (χ1) is 4.77. The topological polar surface area (TPSA) is 29.3 Å². The maximum absolute atomic E-state index is 5.62. The Balaban J connectivity index is 2.41. The summed E-state index contributed by atoms with van der Waals surface area (Å²) in [6.45, 7) is 7.75. The van der Waals surface area contributed by atoms with E-state index in [0.29, 0.717) is 6.04 Å². The van der Waals surface area contributed by atoms with Crippen LogP contribution in [0.1, 0.15) is 20.3 Å². The average Bonchev–Trinajstić information content (AvgIpc) is 2.30. The Kier molecular flexibility index (Phi) is 2.69. The van der Waals surface area contributed by atoms with E-state index in [-0.39, 0.29) is 0 Å². The summed E-state index contributed by atoms with van der Waals surface area (Å²) in [7, 11) is 0. The Morgan fingerprint density at radius 3 is 2.70 bits per heavy atom. The van der Waals surface area contributed by atoms with Crippen LogP contribution in [0.2, 0.25) is 0 Å². The molecule has 1 fully saturated rings. The molecule has 0 aromatic rings. The monoisotopic (exact) mass is 142 g/mol. The number of hydrogen-bond acceptors (Lipinski definition) is 2. The lowest BCUT2D eigenvalue weighted by Gasteiger charge is -2.20. The minimum atomic E-state index is 0.667. The molecule has 0 aliphatic carbocycles. The number of nitrogens with two attached hydrogens (primary N) is 1. The molecule has 1 aliphatic rings. The van der Waals surface area contributed by atoms with E-state index in [2.05, 4.69) is 18.7 Å². The molecular weight excluding hydrogens is 124 g/mol. The standard InChI is InChI=1S/C8H18N2/c1-3-10-6-7(2)4-8(10)5-9/h7-8H,3-6,9H2,1-2H3/t7-,8+/m1/s1. The zero-order chi connectivity index (χ0) is 7.56. The number of rotatable bonds is 2. The first-order valence-corrected chi connectivity index (χ1v) is 4.22. The van der Waals surface area contributed by atoms with Gasteiger partial charge < -0.3 is 5.73 Å². The van der Waals surface area contributed by atoms with Crippen molar-refractivity contribution in [1.82, 2.24) is 4.90 Å². The molecule has 2 atom stereocenters. The van der Waals surface area contributed by atoms with E-state index in [9.17, 15) is 0 Å². The van der Waals surface area contributed by atoms with Gasteiger partial charge >= 0.3 is 0 Å². The van der Waals surface area contributed by atoms with Gasteiger partial charge in [0.25, 0.3) is 0 Å². The predicted octanol–water partition coefficient (Wildman–Crippen LogP) is 0.675. The second-order valence-electron chi connectivity index (χ2n) is 3.32.